The van der Waals surface area contributed by atoms with Crippen molar-refractivity contribution in [1.82, 2.24) is 4.98 Å². The van der Waals surface area contributed by atoms with Crippen LogP contribution in [0.2, 0.25) is 0 Å². The Bertz CT molecular complexity index is 1580. The lowest BCUT2D eigenvalue weighted by Gasteiger charge is -2.64. The molecule has 0 amide bonds. The average Bonchev–Trinajstić information content (AvgIpc) is 3.62. The zero-order chi connectivity index (χ0) is 32.0. The molecule has 10 nitrogen and oxygen atoms in total. The standard InChI is InChI=1S/C35H37NO9/c1-32(2)25-19-27(42-28(37)13-12-22-9-6-5-7-10-22)34(4)26(43-31(39)24-15-18-41-21-24)14-16-33(3,40)35(34,45-32)29(25)44-30(38)23-11-8-17-36-20-23/h5-13,15,17-18,20-21,25-27,29,40H,14,16,19H2,1-4H3/b13-12+/t25-,26+,27+,29-,33+,34+,35+/m1/s1. The van der Waals surface area contributed by atoms with E-state index in [9.17, 15) is 19.5 Å². The summed E-state index contributed by atoms with van der Waals surface area (Å²) in [5.74, 6) is -2.36. The van der Waals surface area contributed by atoms with E-state index in [1.165, 1.54) is 30.9 Å². The number of rotatable bonds is 7. The van der Waals surface area contributed by atoms with Gasteiger partial charge in [-0.3, -0.25) is 4.98 Å². The lowest BCUT2D eigenvalue weighted by molar-refractivity contribution is -0.325. The first kappa shape index (κ1) is 30.7. The van der Waals surface area contributed by atoms with Crippen LogP contribution in [0.1, 0.15) is 73.2 Å². The van der Waals surface area contributed by atoms with Crippen molar-refractivity contribution >= 4 is 24.0 Å². The normalized spacial score (nSPS) is 33.3. The molecule has 1 N–H and O–H groups in total. The monoisotopic (exact) mass is 615 g/mol. The SMILES string of the molecule is CC1(C)O[C@]23[C@H](OC(=O)c4cccnc4)[C@H]1C[C@H](OC(=O)/C=C/c1ccccc1)[C@]2(C)[C@@H](OC(=O)c1ccoc1)CC[C@]3(C)O. The Hall–Kier alpha value is -4.28. The fraction of sp³-hybridized carbons (Fsp3) is 0.429. The van der Waals surface area contributed by atoms with Crippen molar-refractivity contribution < 1.29 is 42.9 Å². The van der Waals surface area contributed by atoms with Crippen LogP contribution in [0.15, 0.2) is 83.9 Å². The average molecular weight is 616 g/mol. The van der Waals surface area contributed by atoms with Gasteiger partial charge in [0.25, 0.3) is 0 Å². The van der Waals surface area contributed by atoms with Gasteiger partial charge in [0.1, 0.15) is 30.2 Å². The first-order chi connectivity index (χ1) is 21.4. The summed E-state index contributed by atoms with van der Waals surface area (Å²) in [6, 6.07) is 14.1. The van der Waals surface area contributed by atoms with Crippen LogP contribution in [0, 0.1) is 11.3 Å². The molecule has 6 rings (SSSR count). The molecule has 1 spiro atoms. The minimum absolute atomic E-state index is 0.157. The quantitative estimate of drug-likeness (QED) is 0.216. The molecule has 2 bridgehead atoms. The van der Waals surface area contributed by atoms with E-state index in [0.29, 0.717) is 0 Å². The van der Waals surface area contributed by atoms with Gasteiger partial charge in [0, 0.05) is 24.4 Å². The summed E-state index contributed by atoms with van der Waals surface area (Å²) in [7, 11) is 0. The lowest BCUT2D eigenvalue weighted by atomic mass is 9.47. The molecule has 0 radical (unpaired) electrons. The summed E-state index contributed by atoms with van der Waals surface area (Å²) < 4.78 is 30.6. The summed E-state index contributed by atoms with van der Waals surface area (Å²) in [4.78, 5) is 44.3. The van der Waals surface area contributed by atoms with E-state index in [4.69, 9.17) is 23.4 Å². The van der Waals surface area contributed by atoms with Gasteiger partial charge in [-0.1, -0.05) is 30.3 Å². The number of furan rings is 1. The van der Waals surface area contributed by atoms with Gasteiger partial charge in [-0.2, -0.15) is 0 Å². The van der Waals surface area contributed by atoms with Gasteiger partial charge in [0.2, 0.25) is 0 Å². The molecule has 7 atom stereocenters. The highest BCUT2D eigenvalue weighted by molar-refractivity contribution is 5.90. The van der Waals surface area contributed by atoms with Crippen molar-refractivity contribution in [1.29, 1.82) is 0 Å². The second-order valence-corrected chi connectivity index (χ2v) is 13.0. The number of ether oxygens (including phenoxy) is 4. The first-order valence-electron chi connectivity index (χ1n) is 15.1. The molecule has 45 heavy (non-hydrogen) atoms. The Balaban J connectivity index is 1.43. The van der Waals surface area contributed by atoms with Crippen molar-refractivity contribution in [2.24, 2.45) is 11.3 Å². The molecule has 236 valence electrons. The van der Waals surface area contributed by atoms with Gasteiger partial charge >= 0.3 is 17.9 Å². The molecule has 0 unspecified atom stereocenters. The molecule has 1 aromatic carbocycles. The van der Waals surface area contributed by atoms with Crippen molar-refractivity contribution in [2.75, 3.05) is 0 Å². The predicted molar refractivity (Wildman–Crippen MR) is 161 cm³/mol. The number of benzene rings is 1. The molecule has 1 aliphatic heterocycles. The van der Waals surface area contributed by atoms with E-state index in [1.54, 1.807) is 38.3 Å². The zero-order valence-electron chi connectivity index (χ0n) is 25.7. The minimum Gasteiger partial charge on any atom is -0.472 e. The van der Waals surface area contributed by atoms with Crippen LogP contribution in [0.3, 0.4) is 0 Å². The van der Waals surface area contributed by atoms with Crippen molar-refractivity contribution in [3.05, 3.63) is 96.2 Å². The van der Waals surface area contributed by atoms with E-state index in [1.807, 2.05) is 44.2 Å². The first-order valence-corrected chi connectivity index (χ1v) is 15.1. The van der Waals surface area contributed by atoms with E-state index in [0.717, 1.165) is 5.56 Å². The molecule has 3 heterocycles. The van der Waals surface area contributed by atoms with Gasteiger partial charge < -0.3 is 28.5 Å². The van der Waals surface area contributed by atoms with Crippen LogP contribution in [0.4, 0.5) is 0 Å². The third kappa shape index (κ3) is 5.06. The van der Waals surface area contributed by atoms with Crippen LogP contribution in [0.5, 0.6) is 0 Å². The van der Waals surface area contributed by atoms with Crippen LogP contribution in [-0.2, 0) is 23.7 Å². The van der Waals surface area contributed by atoms with Crippen molar-refractivity contribution in [3.8, 4) is 0 Å². The molecule has 2 aliphatic carbocycles. The second kappa shape index (κ2) is 11.3. The van der Waals surface area contributed by atoms with E-state index >= 15 is 0 Å². The minimum atomic E-state index is -1.64. The van der Waals surface area contributed by atoms with E-state index in [2.05, 4.69) is 4.98 Å². The molecule has 3 aromatic rings. The number of fused-ring (bicyclic) bond motifs is 1. The largest absolute Gasteiger partial charge is 0.472 e. The highest BCUT2D eigenvalue weighted by atomic mass is 16.6. The predicted octanol–water partition coefficient (Wildman–Crippen LogP) is 5.17. The van der Waals surface area contributed by atoms with Gasteiger partial charge in [-0.25, -0.2) is 14.4 Å². The highest BCUT2D eigenvalue weighted by Gasteiger charge is 2.82. The lowest BCUT2D eigenvalue weighted by Crippen LogP contribution is -2.79. The number of nitrogens with zero attached hydrogens (tertiary/aromatic N) is 1. The fourth-order valence-corrected chi connectivity index (χ4v) is 7.75. The van der Waals surface area contributed by atoms with Gasteiger partial charge in [0.15, 0.2) is 0 Å². The Morgan fingerprint density at radius 3 is 2.38 bits per heavy atom. The highest BCUT2D eigenvalue weighted by Crippen LogP contribution is 2.68. The van der Waals surface area contributed by atoms with Crippen LogP contribution < -0.4 is 0 Å². The molecule has 1 saturated heterocycles. The van der Waals surface area contributed by atoms with Crippen LogP contribution in [-0.4, -0.2) is 63.1 Å². The third-order valence-electron chi connectivity index (χ3n) is 9.99. The topological polar surface area (TPSA) is 134 Å². The Labute approximate surface area is 261 Å². The number of aliphatic hydroxyl groups is 1. The number of aromatic nitrogens is 1. The van der Waals surface area contributed by atoms with E-state index < -0.39 is 64.4 Å². The van der Waals surface area contributed by atoms with Gasteiger partial charge in [-0.05, 0) is 76.8 Å². The number of esters is 3. The number of pyridine rings is 1. The number of carbonyl (C=O) groups excluding carboxylic acids is 3. The Morgan fingerprint density at radius 2 is 1.69 bits per heavy atom. The smallest absolute Gasteiger partial charge is 0.341 e. The Morgan fingerprint density at radius 1 is 0.933 bits per heavy atom. The molecule has 3 aliphatic rings. The summed E-state index contributed by atoms with van der Waals surface area (Å²) in [6.07, 6.45) is 6.48. The molecule has 2 aromatic heterocycles. The maximum atomic E-state index is 13.5. The Kier molecular flexibility index (Phi) is 7.69. The summed E-state index contributed by atoms with van der Waals surface area (Å²) in [5.41, 5.74) is -4.25. The maximum absolute atomic E-state index is 13.5. The van der Waals surface area contributed by atoms with Gasteiger partial charge in [0.05, 0.1) is 34.0 Å². The van der Waals surface area contributed by atoms with Crippen LogP contribution in [0.25, 0.3) is 6.08 Å². The number of hydrogen-bond acceptors (Lipinski definition) is 10. The summed E-state index contributed by atoms with van der Waals surface area (Å²) in [5, 5.41) is 12.3. The third-order valence-corrected chi connectivity index (χ3v) is 9.99. The van der Waals surface area contributed by atoms with Crippen molar-refractivity contribution in [2.45, 2.75) is 82.1 Å². The van der Waals surface area contributed by atoms with E-state index in [-0.39, 0.29) is 30.4 Å². The molecule has 3 fully saturated rings. The maximum Gasteiger partial charge on any atom is 0.341 e. The fourth-order valence-electron chi connectivity index (χ4n) is 7.75. The van der Waals surface area contributed by atoms with Gasteiger partial charge in [-0.15, -0.1) is 0 Å². The molecular weight excluding hydrogens is 578 g/mol. The number of carbonyl (C=O) groups is 3. The molecule has 10 heteroatoms. The number of hydrogen-bond donors (Lipinski definition) is 1. The summed E-state index contributed by atoms with van der Waals surface area (Å²) in [6.45, 7) is 7.17. The second-order valence-electron chi connectivity index (χ2n) is 13.0. The molecular formula is C35H37NO9. The molecule has 2 saturated carbocycles. The summed E-state index contributed by atoms with van der Waals surface area (Å²) >= 11 is 0. The van der Waals surface area contributed by atoms with Crippen LogP contribution >= 0.6 is 0 Å². The zero-order valence-corrected chi connectivity index (χ0v) is 25.7. The van der Waals surface area contributed by atoms with Crippen molar-refractivity contribution in [3.63, 3.8) is 0 Å².